The van der Waals surface area contributed by atoms with E-state index in [1.54, 1.807) is 18.4 Å². The molecule has 1 atom stereocenters. The van der Waals surface area contributed by atoms with E-state index in [2.05, 4.69) is 25.4 Å². The van der Waals surface area contributed by atoms with Crippen molar-refractivity contribution in [2.75, 3.05) is 44.2 Å². The lowest BCUT2D eigenvalue weighted by Crippen LogP contribution is -2.50. The van der Waals surface area contributed by atoms with Crippen LogP contribution in [0.3, 0.4) is 0 Å². The van der Waals surface area contributed by atoms with Crippen LogP contribution >= 0.6 is 0 Å². The van der Waals surface area contributed by atoms with E-state index >= 15 is 0 Å². The number of furan rings is 1. The SMILES string of the molecule is O=C(NCCc1c[nH]c2ccccc12)C(=O)NC[C@H](c1ccco1)N1CCN(c2ccc(F)cc2)CC1. The smallest absolute Gasteiger partial charge is 0.309 e. The van der Waals surface area contributed by atoms with Gasteiger partial charge in [-0.1, -0.05) is 18.2 Å². The standard InChI is InChI=1S/C28H30FN5O3/c29-21-7-9-22(10-8-21)33-13-15-34(16-14-33)25(26-6-3-17-37-26)19-32-28(36)27(35)30-12-11-20-18-31-24-5-2-1-4-23(20)24/h1-10,17-18,25,31H,11-16,19H2,(H,30,35)(H,32,36)/t25-/m1/s1. The first-order chi connectivity index (χ1) is 18.1. The normalized spacial score (nSPS) is 15.0. The maximum atomic E-state index is 13.3. The molecule has 0 unspecified atom stereocenters. The molecule has 1 fully saturated rings. The number of amides is 2. The Morgan fingerprint density at radius 3 is 2.46 bits per heavy atom. The number of aromatic nitrogens is 1. The Bertz CT molecular complexity index is 1330. The highest BCUT2D eigenvalue weighted by Crippen LogP contribution is 2.24. The second-order valence-electron chi connectivity index (χ2n) is 9.11. The molecule has 5 rings (SSSR count). The molecule has 192 valence electrons. The Kier molecular flexibility index (Phi) is 7.51. The molecule has 0 saturated carbocycles. The van der Waals surface area contributed by atoms with Gasteiger partial charge in [-0.2, -0.15) is 0 Å². The van der Waals surface area contributed by atoms with E-state index in [1.165, 1.54) is 12.1 Å². The third-order valence-corrected chi connectivity index (χ3v) is 6.84. The average molecular weight is 504 g/mol. The number of anilines is 1. The van der Waals surface area contributed by atoms with Gasteiger partial charge in [-0.15, -0.1) is 0 Å². The largest absolute Gasteiger partial charge is 0.468 e. The first-order valence-corrected chi connectivity index (χ1v) is 12.5. The van der Waals surface area contributed by atoms with E-state index < -0.39 is 11.8 Å². The number of nitrogens with one attached hydrogen (secondary N) is 3. The summed E-state index contributed by atoms with van der Waals surface area (Å²) in [7, 11) is 0. The number of nitrogens with zero attached hydrogens (tertiary/aromatic N) is 2. The van der Waals surface area contributed by atoms with E-state index in [0.717, 1.165) is 54.1 Å². The fourth-order valence-electron chi connectivity index (χ4n) is 4.83. The number of hydrogen-bond donors (Lipinski definition) is 3. The summed E-state index contributed by atoms with van der Waals surface area (Å²) in [6.07, 6.45) is 4.16. The minimum Gasteiger partial charge on any atom is -0.468 e. The van der Waals surface area contributed by atoms with Gasteiger partial charge in [-0.05, 0) is 54.4 Å². The van der Waals surface area contributed by atoms with Crippen molar-refractivity contribution in [3.8, 4) is 0 Å². The van der Waals surface area contributed by atoms with Gasteiger partial charge in [0.1, 0.15) is 11.6 Å². The summed E-state index contributed by atoms with van der Waals surface area (Å²) in [6, 6.07) is 18.0. The Hall–Kier alpha value is -4.11. The number of aromatic amines is 1. The molecule has 0 radical (unpaired) electrons. The summed E-state index contributed by atoms with van der Waals surface area (Å²) in [5.41, 5.74) is 3.12. The highest BCUT2D eigenvalue weighted by molar-refractivity contribution is 6.35. The number of rotatable bonds is 8. The van der Waals surface area contributed by atoms with Gasteiger partial charge >= 0.3 is 11.8 Å². The van der Waals surface area contributed by atoms with E-state index in [-0.39, 0.29) is 18.4 Å². The molecule has 0 bridgehead atoms. The third-order valence-electron chi connectivity index (χ3n) is 6.84. The number of piperazine rings is 1. The molecule has 2 aromatic carbocycles. The molecule has 4 aromatic rings. The summed E-state index contributed by atoms with van der Waals surface area (Å²) in [5, 5.41) is 6.61. The lowest BCUT2D eigenvalue weighted by molar-refractivity contribution is -0.139. The van der Waals surface area contributed by atoms with Crippen molar-refractivity contribution in [1.29, 1.82) is 0 Å². The summed E-state index contributed by atoms with van der Waals surface area (Å²) < 4.78 is 18.9. The zero-order chi connectivity index (χ0) is 25.6. The second-order valence-corrected chi connectivity index (χ2v) is 9.11. The van der Waals surface area contributed by atoms with Crippen molar-refractivity contribution >= 4 is 28.4 Å². The quantitative estimate of drug-likeness (QED) is 0.321. The Morgan fingerprint density at radius 2 is 1.70 bits per heavy atom. The molecular formula is C28H30FN5O3. The van der Waals surface area contributed by atoms with Crippen molar-refractivity contribution < 1.29 is 18.4 Å². The van der Waals surface area contributed by atoms with E-state index in [4.69, 9.17) is 4.42 Å². The molecule has 9 heteroatoms. The number of para-hydroxylation sites is 1. The Balaban J connectivity index is 1.12. The van der Waals surface area contributed by atoms with Gasteiger partial charge in [0.15, 0.2) is 0 Å². The van der Waals surface area contributed by atoms with Crippen LogP contribution < -0.4 is 15.5 Å². The van der Waals surface area contributed by atoms with Crippen LogP contribution in [0.25, 0.3) is 10.9 Å². The average Bonchev–Trinajstić information content (AvgIpc) is 3.60. The summed E-state index contributed by atoms with van der Waals surface area (Å²) >= 11 is 0. The zero-order valence-electron chi connectivity index (χ0n) is 20.5. The van der Waals surface area contributed by atoms with Crippen LogP contribution in [0.2, 0.25) is 0 Å². The molecular weight excluding hydrogens is 473 g/mol. The van der Waals surface area contributed by atoms with Gasteiger partial charge in [0.05, 0.1) is 12.3 Å². The van der Waals surface area contributed by atoms with Gasteiger partial charge in [0.25, 0.3) is 0 Å². The highest BCUT2D eigenvalue weighted by atomic mass is 19.1. The number of carbonyl (C=O) groups excluding carboxylic acids is 2. The number of hydrogen-bond acceptors (Lipinski definition) is 5. The van der Waals surface area contributed by atoms with Crippen LogP contribution in [0, 0.1) is 5.82 Å². The molecule has 2 amide bonds. The molecule has 0 spiro atoms. The molecule has 1 aliphatic heterocycles. The second kappa shape index (κ2) is 11.3. The van der Waals surface area contributed by atoms with Gasteiger partial charge in [-0.25, -0.2) is 4.39 Å². The molecule has 0 aliphatic carbocycles. The topological polar surface area (TPSA) is 93.6 Å². The van der Waals surface area contributed by atoms with Crippen LogP contribution in [-0.4, -0.2) is 61.0 Å². The Morgan fingerprint density at radius 1 is 0.946 bits per heavy atom. The molecule has 37 heavy (non-hydrogen) atoms. The van der Waals surface area contributed by atoms with Crippen molar-refractivity contribution in [2.45, 2.75) is 12.5 Å². The van der Waals surface area contributed by atoms with Crippen LogP contribution in [0.1, 0.15) is 17.4 Å². The first-order valence-electron chi connectivity index (χ1n) is 12.5. The van der Waals surface area contributed by atoms with E-state index in [0.29, 0.717) is 13.0 Å². The van der Waals surface area contributed by atoms with Crippen LogP contribution in [-0.2, 0) is 16.0 Å². The minimum absolute atomic E-state index is 0.201. The molecule has 1 aliphatic rings. The third kappa shape index (κ3) is 5.83. The first kappa shape index (κ1) is 24.6. The molecule has 3 N–H and O–H groups in total. The maximum Gasteiger partial charge on any atom is 0.309 e. The van der Waals surface area contributed by atoms with Gasteiger partial charge < -0.3 is 24.9 Å². The van der Waals surface area contributed by atoms with Crippen molar-refractivity contribution in [3.63, 3.8) is 0 Å². The van der Waals surface area contributed by atoms with Crippen LogP contribution in [0.5, 0.6) is 0 Å². The molecule has 3 heterocycles. The van der Waals surface area contributed by atoms with Crippen LogP contribution in [0.4, 0.5) is 10.1 Å². The monoisotopic (exact) mass is 503 g/mol. The number of halogens is 1. The lowest BCUT2D eigenvalue weighted by atomic mass is 10.1. The number of carbonyl (C=O) groups is 2. The fourth-order valence-corrected chi connectivity index (χ4v) is 4.83. The van der Waals surface area contributed by atoms with E-state index in [9.17, 15) is 14.0 Å². The zero-order valence-corrected chi connectivity index (χ0v) is 20.5. The number of H-pyrrole nitrogens is 1. The summed E-state index contributed by atoms with van der Waals surface area (Å²) in [5.74, 6) is -0.840. The van der Waals surface area contributed by atoms with Gasteiger partial charge in [0.2, 0.25) is 0 Å². The Labute approximate surface area is 214 Å². The maximum absolute atomic E-state index is 13.3. The molecule has 2 aromatic heterocycles. The molecule has 1 saturated heterocycles. The molecule has 8 nitrogen and oxygen atoms in total. The number of benzene rings is 2. The van der Waals surface area contributed by atoms with E-state index in [1.807, 2.05) is 42.6 Å². The predicted molar refractivity (Wildman–Crippen MR) is 140 cm³/mol. The summed E-state index contributed by atoms with van der Waals surface area (Å²) in [6.45, 7) is 3.58. The van der Waals surface area contributed by atoms with Crippen molar-refractivity contribution in [1.82, 2.24) is 20.5 Å². The van der Waals surface area contributed by atoms with Gasteiger partial charge in [0, 0.05) is 62.1 Å². The van der Waals surface area contributed by atoms with Crippen molar-refractivity contribution in [2.24, 2.45) is 0 Å². The highest BCUT2D eigenvalue weighted by Gasteiger charge is 2.28. The van der Waals surface area contributed by atoms with Crippen molar-refractivity contribution in [3.05, 3.63) is 90.3 Å². The number of fused-ring (bicyclic) bond motifs is 1. The summed E-state index contributed by atoms with van der Waals surface area (Å²) in [4.78, 5) is 32.6. The lowest BCUT2D eigenvalue weighted by Gasteiger charge is -2.39. The van der Waals surface area contributed by atoms with Crippen LogP contribution in [0.15, 0.2) is 77.5 Å². The predicted octanol–water partition coefficient (Wildman–Crippen LogP) is 3.24. The fraction of sp³-hybridized carbons (Fsp3) is 0.286. The minimum atomic E-state index is -0.666. The van der Waals surface area contributed by atoms with Gasteiger partial charge in [-0.3, -0.25) is 14.5 Å².